The van der Waals surface area contributed by atoms with Crippen molar-refractivity contribution in [2.75, 3.05) is 5.75 Å². The summed E-state index contributed by atoms with van der Waals surface area (Å²) in [4.78, 5) is 11.7. The van der Waals surface area contributed by atoms with Crippen LogP contribution in [0.25, 0.3) is 0 Å². The van der Waals surface area contributed by atoms with Crippen molar-refractivity contribution in [3.63, 3.8) is 0 Å². The molecule has 0 spiro atoms. The molecule has 0 saturated heterocycles. The summed E-state index contributed by atoms with van der Waals surface area (Å²) in [5.41, 5.74) is 0.877. The van der Waals surface area contributed by atoms with E-state index in [9.17, 15) is 4.79 Å². The van der Waals surface area contributed by atoms with Gasteiger partial charge < -0.3 is 35.1 Å². The molecule has 0 bridgehead atoms. The Morgan fingerprint density at radius 2 is 1.17 bits per heavy atom. The van der Waals surface area contributed by atoms with Crippen molar-refractivity contribution < 1.29 is 21.9 Å². The number of hydrogen-bond acceptors (Lipinski definition) is 2. The summed E-state index contributed by atoms with van der Waals surface area (Å²) in [6.07, 6.45) is 10.8. The van der Waals surface area contributed by atoms with E-state index in [1.54, 1.807) is 0 Å². The van der Waals surface area contributed by atoms with Crippen molar-refractivity contribution in [1.82, 2.24) is 0 Å². The van der Waals surface area contributed by atoms with E-state index < -0.39 is 0 Å². The summed E-state index contributed by atoms with van der Waals surface area (Å²) >= 11 is 4.20. The molecule has 140 valence electrons. The van der Waals surface area contributed by atoms with E-state index in [1.165, 1.54) is 44.9 Å². The van der Waals surface area contributed by atoms with Gasteiger partial charge >= 0.3 is 0 Å². The summed E-state index contributed by atoms with van der Waals surface area (Å²) in [5, 5.41) is 0. The zero-order chi connectivity index (χ0) is 16.6. The number of carbonyl (C=O) groups is 1. The molecule has 0 atom stereocenters. The maximum atomic E-state index is 11.7. The Hall–Kier alpha value is -0.761. The molecule has 0 aromatic heterocycles. The van der Waals surface area contributed by atoms with E-state index in [2.05, 4.69) is 12.6 Å². The van der Waals surface area contributed by atoms with Gasteiger partial charge in [0.2, 0.25) is 0 Å². The van der Waals surface area contributed by atoms with Crippen molar-refractivity contribution >= 4 is 18.4 Å². The smallest absolute Gasteiger partial charge is 0.108 e. The minimum Gasteiger partial charge on any atom is -0.748 e. The maximum Gasteiger partial charge on any atom is 0.108 e. The van der Waals surface area contributed by atoms with Gasteiger partial charge in [-0.05, 0) is 25.0 Å². The largest absolute Gasteiger partial charge is 0.748 e. The first-order valence-corrected chi connectivity index (χ1v) is 9.50. The quantitative estimate of drug-likeness (QED) is 0.155. The van der Waals surface area contributed by atoms with Gasteiger partial charge in [-0.25, -0.2) is 12.1 Å². The average Bonchev–Trinajstić information content (AvgIpc) is 3.28. The SMILES string of the molecule is O=C(CCCCCCCCCCS)[c-]1cccc1.[Fe].[cH-]1[cH-][cH-][cH-][cH-]1. The van der Waals surface area contributed by atoms with Gasteiger partial charge in [-0.1, -0.05) is 44.1 Å². The Morgan fingerprint density at radius 1 is 0.750 bits per heavy atom. The molecule has 2 rings (SSSR count). The molecule has 0 aliphatic rings. The van der Waals surface area contributed by atoms with Crippen LogP contribution in [-0.4, -0.2) is 11.5 Å². The van der Waals surface area contributed by atoms with Gasteiger partial charge in [0, 0.05) is 17.1 Å². The van der Waals surface area contributed by atoms with E-state index in [1.807, 2.05) is 54.6 Å². The number of Topliss-reactive ketones (excluding diaryl/α,β-unsaturated/α-hetero) is 1. The normalized spacial score (nSPS) is 9.71. The molecule has 24 heavy (non-hydrogen) atoms. The monoisotopic (exact) mass is 386 g/mol. The predicted molar refractivity (Wildman–Crippen MR) is 104 cm³/mol. The third-order valence-corrected chi connectivity index (χ3v) is 4.17. The molecular formula is C21H30FeOS-6. The molecular weight excluding hydrogens is 356 g/mol. The standard InChI is InChI=1S/C16H25OS.C5H5.Fe/c17-16(15-11-8-9-12-15)13-7-5-3-1-2-4-6-10-14-18;1-2-4-5-3-1;/h8-9,11-12,18H,1-7,10,13-14H2;1-5H;/q-1;-5;. The minimum atomic E-state index is 0. The van der Waals surface area contributed by atoms with Crippen molar-refractivity contribution in [2.45, 2.75) is 57.8 Å². The van der Waals surface area contributed by atoms with E-state index in [0.717, 1.165) is 17.7 Å². The van der Waals surface area contributed by atoms with E-state index in [0.29, 0.717) is 12.2 Å². The number of hydrogen-bond donors (Lipinski definition) is 1. The number of thiol groups is 1. The second kappa shape index (κ2) is 17.1. The van der Waals surface area contributed by atoms with Crippen molar-refractivity contribution in [1.29, 1.82) is 0 Å². The van der Waals surface area contributed by atoms with Gasteiger partial charge in [-0.15, -0.1) is 0 Å². The molecule has 0 N–H and O–H groups in total. The van der Waals surface area contributed by atoms with Crippen LogP contribution in [0, 0.1) is 0 Å². The Bertz CT molecular complexity index is 445. The minimum absolute atomic E-state index is 0. The topological polar surface area (TPSA) is 17.1 Å². The van der Waals surface area contributed by atoms with Gasteiger partial charge in [-0.2, -0.15) is 24.8 Å². The Kier molecular flexibility index (Phi) is 16.5. The third-order valence-electron chi connectivity index (χ3n) is 3.85. The molecule has 0 unspecified atom stereocenters. The fourth-order valence-corrected chi connectivity index (χ4v) is 2.71. The summed E-state index contributed by atoms with van der Waals surface area (Å²) in [7, 11) is 0. The number of ketones is 1. The van der Waals surface area contributed by atoms with Crippen LogP contribution in [0.2, 0.25) is 0 Å². The Balaban J connectivity index is 0.000000751. The second-order valence-electron chi connectivity index (χ2n) is 5.86. The molecule has 0 heterocycles. The van der Waals surface area contributed by atoms with Crippen LogP contribution in [0.1, 0.15) is 68.1 Å². The number of unbranched alkanes of at least 4 members (excludes halogenated alkanes) is 7. The van der Waals surface area contributed by atoms with Crippen LogP contribution in [0.15, 0.2) is 54.6 Å². The fraction of sp³-hybridized carbons (Fsp3) is 0.476. The molecule has 3 heteroatoms. The van der Waals surface area contributed by atoms with Gasteiger partial charge in [0.15, 0.2) is 0 Å². The van der Waals surface area contributed by atoms with Gasteiger partial charge in [0.1, 0.15) is 5.78 Å². The first kappa shape index (κ1) is 23.2. The van der Waals surface area contributed by atoms with E-state index in [4.69, 9.17) is 0 Å². The van der Waals surface area contributed by atoms with Gasteiger partial charge in [0.05, 0.1) is 0 Å². The van der Waals surface area contributed by atoms with Crippen molar-refractivity contribution in [3.8, 4) is 0 Å². The summed E-state index contributed by atoms with van der Waals surface area (Å²) in [5.74, 6) is 1.32. The average molecular weight is 386 g/mol. The number of carbonyl (C=O) groups excluding carboxylic acids is 1. The maximum absolute atomic E-state index is 11.7. The molecule has 0 radical (unpaired) electrons. The Morgan fingerprint density at radius 3 is 1.62 bits per heavy atom. The number of rotatable bonds is 11. The van der Waals surface area contributed by atoms with Gasteiger partial charge in [0.25, 0.3) is 0 Å². The molecule has 0 fully saturated rings. The van der Waals surface area contributed by atoms with Crippen LogP contribution in [-0.2, 0) is 17.1 Å². The van der Waals surface area contributed by atoms with Crippen LogP contribution in [0.4, 0.5) is 0 Å². The molecule has 1 nitrogen and oxygen atoms in total. The zero-order valence-electron chi connectivity index (χ0n) is 14.5. The van der Waals surface area contributed by atoms with Crippen LogP contribution < -0.4 is 0 Å². The van der Waals surface area contributed by atoms with Crippen LogP contribution >= 0.6 is 12.6 Å². The van der Waals surface area contributed by atoms with Gasteiger partial charge in [-0.3, -0.25) is 0 Å². The van der Waals surface area contributed by atoms with Crippen LogP contribution in [0.3, 0.4) is 0 Å². The second-order valence-corrected chi connectivity index (χ2v) is 6.31. The molecule has 2 aromatic rings. The molecule has 0 aliphatic carbocycles. The fourth-order valence-electron chi connectivity index (χ4n) is 2.48. The molecule has 0 amide bonds. The Labute approximate surface area is 163 Å². The third kappa shape index (κ3) is 12.6. The molecule has 0 aliphatic heterocycles. The van der Waals surface area contributed by atoms with E-state index >= 15 is 0 Å². The first-order valence-electron chi connectivity index (χ1n) is 8.87. The predicted octanol–water partition coefficient (Wildman–Crippen LogP) is 6.43. The van der Waals surface area contributed by atoms with Crippen LogP contribution in [0.5, 0.6) is 0 Å². The summed E-state index contributed by atoms with van der Waals surface area (Å²) in [6, 6.07) is 17.7. The molecule has 0 saturated carbocycles. The first-order chi connectivity index (χ1) is 11.3. The van der Waals surface area contributed by atoms with Crippen molar-refractivity contribution in [3.05, 3.63) is 60.2 Å². The molecule has 2 aromatic carbocycles. The summed E-state index contributed by atoms with van der Waals surface area (Å²) in [6.45, 7) is 0. The van der Waals surface area contributed by atoms with E-state index in [-0.39, 0.29) is 17.1 Å². The van der Waals surface area contributed by atoms with Crippen molar-refractivity contribution in [2.24, 2.45) is 0 Å². The zero-order valence-corrected chi connectivity index (χ0v) is 16.5. The summed E-state index contributed by atoms with van der Waals surface area (Å²) < 4.78 is 0.